The van der Waals surface area contributed by atoms with E-state index in [4.69, 9.17) is 9.97 Å². The van der Waals surface area contributed by atoms with Crippen LogP contribution in [0.15, 0.2) is 164 Å². The van der Waals surface area contributed by atoms with Crippen molar-refractivity contribution in [2.45, 2.75) is 0 Å². The number of benzene rings is 9. The molecule has 0 aliphatic heterocycles. The number of hydrogen-bond acceptors (Lipinski definition) is 3. The van der Waals surface area contributed by atoms with Gasteiger partial charge in [0.15, 0.2) is 5.82 Å². The molecule has 0 N–H and O–H groups in total. The fraction of sp³-hybridized carbons (Fsp3) is 0. The SMILES string of the molecule is c1ccc2c(c1)ccc1ccc(-c3nc4ccc5ccccc5c4nc3-n3c4cccc5c6ccccc6c6cccc7sc8ccc3c(c8c76)c54)cc12. The lowest BCUT2D eigenvalue weighted by Crippen LogP contribution is -2.04. The Hall–Kier alpha value is -6.88. The molecule has 3 heterocycles. The summed E-state index contributed by atoms with van der Waals surface area (Å²) < 4.78 is 5.02. The van der Waals surface area contributed by atoms with Gasteiger partial charge in [0.1, 0.15) is 5.69 Å². The first-order valence-corrected chi connectivity index (χ1v) is 19.2. The summed E-state index contributed by atoms with van der Waals surface area (Å²) in [6, 6.07) is 59.8. The fourth-order valence-electron chi connectivity index (χ4n) is 9.37. The molecule has 0 aliphatic rings. The largest absolute Gasteiger partial charge is 0.292 e. The monoisotopic (exact) mass is 701 g/mol. The molecular weight excluding hydrogens is 675 g/mol. The van der Waals surface area contributed by atoms with E-state index in [2.05, 4.69) is 168 Å². The molecule has 0 aliphatic carbocycles. The minimum Gasteiger partial charge on any atom is -0.292 e. The van der Waals surface area contributed by atoms with Crippen LogP contribution < -0.4 is 0 Å². The number of nitrogens with zero attached hydrogens (tertiary/aromatic N) is 3. The van der Waals surface area contributed by atoms with E-state index in [1.54, 1.807) is 0 Å². The molecule has 0 bridgehead atoms. The maximum Gasteiger partial charge on any atom is 0.165 e. The van der Waals surface area contributed by atoms with E-state index in [0.29, 0.717) is 0 Å². The van der Waals surface area contributed by atoms with Crippen LogP contribution in [-0.2, 0) is 0 Å². The second-order valence-electron chi connectivity index (χ2n) is 14.5. The van der Waals surface area contributed by atoms with Crippen LogP contribution in [0.3, 0.4) is 0 Å². The van der Waals surface area contributed by atoms with Crippen molar-refractivity contribution in [3.8, 4) is 17.1 Å². The van der Waals surface area contributed by atoms with Crippen molar-refractivity contribution in [3.05, 3.63) is 164 Å². The topological polar surface area (TPSA) is 30.7 Å². The van der Waals surface area contributed by atoms with Gasteiger partial charge in [0, 0.05) is 41.9 Å². The highest BCUT2D eigenvalue weighted by Gasteiger charge is 2.25. The number of hydrogen-bond donors (Lipinski definition) is 0. The molecule has 4 heteroatoms. The highest BCUT2D eigenvalue weighted by Crippen LogP contribution is 2.49. The van der Waals surface area contributed by atoms with Crippen molar-refractivity contribution in [3.63, 3.8) is 0 Å². The first-order valence-electron chi connectivity index (χ1n) is 18.4. The van der Waals surface area contributed by atoms with Crippen molar-refractivity contribution in [1.29, 1.82) is 0 Å². The Morgan fingerprint density at radius 1 is 0.389 bits per heavy atom. The summed E-state index contributed by atoms with van der Waals surface area (Å²) in [5.74, 6) is 0.835. The predicted molar refractivity (Wildman–Crippen MR) is 231 cm³/mol. The Morgan fingerprint density at radius 3 is 1.83 bits per heavy atom. The highest BCUT2D eigenvalue weighted by atomic mass is 32.1. The van der Waals surface area contributed by atoms with Crippen LogP contribution >= 0.6 is 11.3 Å². The lowest BCUT2D eigenvalue weighted by molar-refractivity contribution is 1.08. The Labute approximate surface area is 312 Å². The van der Waals surface area contributed by atoms with Crippen molar-refractivity contribution in [1.82, 2.24) is 14.5 Å². The third kappa shape index (κ3) is 3.70. The van der Waals surface area contributed by atoms with E-state index in [9.17, 15) is 0 Å². The van der Waals surface area contributed by atoms with Crippen molar-refractivity contribution >= 4 is 118 Å². The van der Waals surface area contributed by atoms with Gasteiger partial charge in [0.25, 0.3) is 0 Å². The molecule has 10 aromatic carbocycles. The van der Waals surface area contributed by atoms with Crippen LogP contribution in [0.4, 0.5) is 0 Å². The molecule has 0 unspecified atom stereocenters. The second kappa shape index (κ2) is 10.4. The molecule has 3 aromatic heterocycles. The van der Waals surface area contributed by atoms with Crippen molar-refractivity contribution < 1.29 is 0 Å². The van der Waals surface area contributed by atoms with Crippen LogP contribution in [0.2, 0.25) is 0 Å². The molecule has 13 rings (SSSR count). The fourth-order valence-corrected chi connectivity index (χ4v) is 10.5. The van der Waals surface area contributed by atoms with E-state index in [1.165, 1.54) is 74.0 Å². The van der Waals surface area contributed by atoms with Gasteiger partial charge in [0.2, 0.25) is 0 Å². The smallest absolute Gasteiger partial charge is 0.165 e. The average Bonchev–Trinajstić information content (AvgIpc) is 3.78. The molecule has 0 spiro atoms. The zero-order valence-electron chi connectivity index (χ0n) is 28.8. The van der Waals surface area contributed by atoms with Crippen LogP contribution in [0, 0.1) is 0 Å². The zero-order valence-corrected chi connectivity index (χ0v) is 29.7. The van der Waals surface area contributed by atoms with Crippen molar-refractivity contribution in [2.24, 2.45) is 0 Å². The first-order chi connectivity index (χ1) is 26.8. The average molecular weight is 702 g/mol. The predicted octanol–water partition coefficient (Wildman–Crippen LogP) is 14.0. The third-order valence-corrected chi connectivity index (χ3v) is 12.8. The quantitative estimate of drug-likeness (QED) is 0.168. The number of fused-ring (bicyclic) bond motifs is 9. The van der Waals surface area contributed by atoms with Gasteiger partial charge in [-0.15, -0.1) is 11.3 Å². The van der Waals surface area contributed by atoms with Gasteiger partial charge in [-0.2, -0.15) is 0 Å². The van der Waals surface area contributed by atoms with E-state index in [1.807, 2.05) is 11.3 Å². The molecule has 0 saturated heterocycles. The molecule has 0 saturated carbocycles. The molecular formula is C50H27N3S. The van der Waals surface area contributed by atoms with Crippen molar-refractivity contribution in [2.75, 3.05) is 0 Å². The first kappa shape index (κ1) is 28.7. The molecule has 54 heavy (non-hydrogen) atoms. The standard InChI is InChI=1S/C50H27N3S/c1-3-11-32-28(9-1)19-20-30-21-22-31(27-38(30)32)48-50(52-49-33-12-4-2-10-29(33)23-24-39(49)51-48)53-40-17-7-15-36-34-13-5-6-14-35(34)37-16-8-18-42-45(37)47-43(54-42)26-25-41(53)46(47)44(36)40/h1-27H. The summed E-state index contributed by atoms with van der Waals surface area (Å²) in [6.07, 6.45) is 0. The number of thiophene rings is 1. The maximum absolute atomic E-state index is 5.71. The molecule has 0 amide bonds. The molecule has 0 fully saturated rings. The van der Waals surface area contributed by atoms with Gasteiger partial charge in [-0.3, -0.25) is 4.57 Å². The van der Waals surface area contributed by atoms with E-state index in [-0.39, 0.29) is 0 Å². The summed E-state index contributed by atoms with van der Waals surface area (Å²) >= 11 is 1.89. The highest BCUT2D eigenvalue weighted by molar-refractivity contribution is 7.26. The molecule has 3 nitrogen and oxygen atoms in total. The minimum absolute atomic E-state index is 0.835. The summed E-state index contributed by atoms with van der Waals surface area (Å²) in [6.45, 7) is 0. The van der Waals surface area contributed by atoms with Gasteiger partial charge < -0.3 is 0 Å². The summed E-state index contributed by atoms with van der Waals surface area (Å²) in [4.78, 5) is 11.3. The molecule has 13 aromatic rings. The lowest BCUT2D eigenvalue weighted by Gasteiger charge is -2.15. The summed E-state index contributed by atoms with van der Waals surface area (Å²) in [5.41, 5.74) is 5.97. The summed E-state index contributed by atoms with van der Waals surface area (Å²) in [5, 5.41) is 17.4. The molecule has 248 valence electrons. The Balaban J connectivity index is 1.26. The van der Waals surface area contributed by atoms with Gasteiger partial charge in [-0.25, -0.2) is 9.97 Å². The van der Waals surface area contributed by atoms with Crippen LogP contribution in [0.1, 0.15) is 0 Å². The van der Waals surface area contributed by atoms with Crippen LogP contribution in [0.5, 0.6) is 0 Å². The Morgan fingerprint density at radius 2 is 1.00 bits per heavy atom. The minimum atomic E-state index is 0.835. The molecule has 0 radical (unpaired) electrons. The van der Waals surface area contributed by atoms with Crippen LogP contribution in [-0.4, -0.2) is 14.5 Å². The third-order valence-electron chi connectivity index (χ3n) is 11.7. The molecule has 0 atom stereocenters. The van der Waals surface area contributed by atoms with Gasteiger partial charge in [-0.1, -0.05) is 127 Å². The lowest BCUT2D eigenvalue weighted by atomic mass is 9.95. The normalized spacial score (nSPS) is 12.4. The summed E-state index contributed by atoms with van der Waals surface area (Å²) in [7, 11) is 0. The second-order valence-corrected chi connectivity index (χ2v) is 15.6. The number of aromatic nitrogens is 3. The van der Waals surface area contributed by atoms with Gasteiger partial charge >= 0.3 is 0 Å². The maximum atomic E-state index is 5.71. The Kier molecular flexibility index (Phi) is 5.51. The van der Waals surface area contributed by atoms with Gasteiger partial charge in [0.05, 0.1) is 22.1 Å². The van der Waals surface area contributed by atoms with Crippen LogP contribution in [0.25, 0.3) is 124 Å². The Bertz CT molecular complexity index is 3740. The van der Waals surface area contributed by atoms with Gasteiger partial charge in [-0.05, 0) is 84.9 Å². The van der Waals surface area contributed by atoms with E-state index < -0.39 is 0 Å². The van der Waals surface area contributed by atoms with E-state index in [0.717, 1.165) is 49.9 Å². The van der Waals surface area contributed by atoms with E-state index >= 15 is 0 Å². The zero-order chi connectivity index (χ0) is 35.1. The number of rotatable bonds is 2.